The third-order valence-electron chi connectivity index (χ3n) is 4.49. The van der Waals surface area contributed by atoms with Crippen LogP contribution >= 0.6 is 23.2 Å². The smallest absolute Gasteiger partial charge is 0.280 e. The van der Waals surface area contributed by atoms with Crippen molar-refractivity contribution in [2.24, 2.45) is 7.05 Å². The molecule has 1 aromatic carbocycles. The predicted molar refractivity (Wildman–Crippen MR) is 104 cm³/mol. The maximum Gasteiger partial charge on any atom is 0.280 e. The van der Waals surface area contributed by atoms with E-state index in [1.165, 1.54) is 13.1 Å². The van der Waals surface area contributed by atoms with Crippen LogP contribution in [0.4, 0.5) is 5.69 Å². The van der Waals surface area contributed by atoms with Crippen molar-refractivity contribution < 1.29 is 13.2 Å². The van der Waals surface area contributed by atoms with Gasteiger partial charge < -0.3 is 5.32 Å². The molecule has 0 unspecified atom stereocenters. The van der Waals surface area contributed by atoms with Crippen LogP contribution in [0.15, 0.2) is 24.4 Å². The molecule has 2 heterocycles. The number of aromatic nitrogens is 2. The van der Waals surface area contributed by atoms with Crippen LogP contribution in [0.1, 0.15) is 23.7 Å². The zero-order valence-corrected chi connectivity index (χ0v) is 17.2. The number of rotatable bonds is 3. The largest absolute Gasteiger partial charge is 0.323 e. The van der Waals surface area contributed by atoms with Crippen LogP contribution in [0.25, 0.3) is 0 Å². The molecule has 1 aliphatic heterocycles. The molecule has 11 heteroatoms. The second-order valence-corrected chi connectivity index (χ2v) is 9.01. The number of anilines is 1. The van der Waals surface area contributed by atoms with Crippen molar-refractivity contribution in [2.45, 2.75) is 25.4 Å². The first-order valence-electron chi connectivity index (χ1n) is 8.10. The predicted octanol–water partition coefficient (Wildman–Crippen LogP) is 2.25. The van der Waals surface area contributed by atoms with Crippen LogP contribution < -0.4 is 10.0 Å². The average molecular weight is 432 g/mol. The summed E-state index contributed by atoms with van der Waals surface area (Å²) in [6.07, 6.45) is 2.00. The Morgan fingerprint density at radius 3 is 2.63 bits per heavy atom. The van der Waals surface area contributed by atoms with Crippen molar-refractivity contribution >= 4 is 45.0 Å². The normalized spacial score (nSPS) is 22.6. The van der Waals surface area contributed by atoms with Crippen molar-refractivity contribution in [1.82, 2.24) is 18.8 Å². The van der Waals surface area contributed by atoms with Gasteiger partial charge in [0.1, 0.15) is 6.04 Å². The van der Waals surface area contributed by atoms with Crippen LogP contribution in [0, 0.1) is 6.92 Å². The number of likely N-dealkylation sites (N-methyl/N-ethyl adjacent to an activating group) is 1. The summed E-state index contributed by atoms with van der Waals surface area (Å²) in [6.45, 7) is 1.80. The van der Waals surface area contributed by atoms with Crippen LogP contribution in [0.2, 0.25) is 10.0 Å². The van der Waals surface area contributed by atoms with Crippen LogP contribution in [-0.2, 0) is 22.1 Å². The van der Waals surface area contributed by atoms with E-state index in [4.69, 9.17) is 23.2 Å². The molecular formula is C16H19Cl2N5O3S. The number of nitrogens with one attached hydrogen (secondary N) is 2. The molecule has 146 valence electrons. The zero-order chi connectivity index (χ0) is 19.9. The third kappa shape index (κ3) is 4.12. The molecule has 3 rings (SSSR count). The summed E-state index contributed by atoms with van der Waals surface area (Å²) in [5, 5.41) is 7.64. The monoisotopic (exact) mass is 431 g/mol. The van der Waals surface area contributed by atoms with E-state index in [9.17, 15) is 13.2 Å². The summed E-state index contributed by atoms with van der Waals surface area (Å²) in [4.78, 5) is 12.8. The first kappa shape index (κ1) is 20.1. The lowest BCUT2D eigenvalue weighted by Crippen LogP contribution is -2.56. The number of aryl methyl sites for hydroxylation is 2. The highest BCUT2D eigenvalue weighted by atomic mass is 35.5. The van der Waals surface area contributed by atoms with Crippen LogP contribution in [0.3, 0.4) is 0 Å². The Balaban J connectivity index is 1.88. The molecular weight excluding hydrogens is 413 g/mol. The van der Waals surface area contributed by atoms with Crippen molar-refractivity contribution in [1.29, 1.82) is 0 Å². The van der Waals surface area contributed by atoms with E-state index < -0.39 is 28.2 Å². The average Bonchev–Trinajstić information content (AvgIpc) is 2.91. The maximum atomic E-state index is 12.8. The lowest BCUT2D eigenvalue weighted by molar-refractivity contribution is -0.120. The summed E-state index contributed by atoms with van der Waals surface area (Å²) in [5.74, 6) is -0.474. The quantitative estimate of drug-likeness (QED) is 0.778. The minimum atomic E-state index is -3.84. The van der Waals surface area contributed by atoms with E-state index >= 15 is 0 Å². The van der Waals surface area contributed by atoms with Crippen LogP contribution in [-0.4, -0.2) is 41.5 Å². The number of nitrogens with zero attached hydrogens (tertiary/aromatic N) is 3. The Hall–Kier alpha value is -1.65. The van der Waals surface area contributed by atoms with Crippen molar-refractivity contribution in [3.05, 3.63) is 45.7 Å². The highest BCUT2D eigenvalue weighted by Gasteiger charge is 2.41. The van der Waals surface area contributed by atoms with Crippen molar-refractivity contribution in [3.63, 3.8) is 0 Å². The molecule has 0 aliphatic carbocycles. The second kappa shape index (κ2) is 7.40. The Bertz CT molecular complexity index is 992. The van der Waals surface area contributed by atoms with Crippen LogP contribution in [0.5, 0.6) is 0 Å². The topological polar surface area (TPSA) is 96.3 Å². The van der Waals surface area contributed by atoms with E-state index in [1.54, 1.807) is 37.0 Å². The first-order chi connectivity index (χ1) is 12.6. The Kier molecular flexibility index (Phi) is 5.51. The number of carbonyl (C=O) groups excluding carboxylic acids is 1. The third-order valence-corrected chi connectivity index (χ3v) is 6.63. The lowest BCUT2D eigenvalue weighted by atomic mass is 10.00. The summed E-state index contributed by atoms with van der Waals surface area (Å²) in [5.41, 5.74) is 1.80. The Morgan fingerprint density at radius 1 is 1.33 bits per heavy atom. The number of hydrogen-bond donors (Lipinski definition) is 2. The van der Waals surface area contributed by atoms with Gasteiger partial charge in [-0.25, -0.2) is 0 Å². The lowest BCUT2D eigenvalue weighted by Gasteiger charge is -2.36. The van der Waals surface area contributed by atoms with Crippen molar-refractivity contribution in [2.75, 3.05) is 12.4 Å². The van der Waals surface area contributed by atoms with E-state index in [2.05, 4.69) is 15.1 Å². The molecule has 0 spiro atoms. The molecule has 1 aliphatic rings. The molecule has 2 aromatic rings. The molecule has 0 radical (unpaired) electrons. The highest BCUT2D eigenvalue weighted by molar-refractivity contribution is 7.87. The fourth-order valence-corrected chi connectivity index (χ4v) is 4.80. The van der Waals surface area contributed by atoms with Gasteiger partial charge in [0.2, 0.25) is 5.91 Å². The van der Waals surface area contributed by atoms with Gasteiger partial charge in [-0.05, 0) is 31.5 Å². The van der Waals surface area contributed by atoms with E-state index in [1.807, 2.05) is 0 Å². The van der Waals surface area contributed by atoms with Gasteiger partial charge in [0, 0.05) is 30.9 Å². The molecule has 2 atom stereocenters. The molecule has 1 aromatic heterocycles. The number of carbonyl (C=O) groups is 1. The van der Waals surface area contributed by atoms with Gasteiger partial charge in [-0.2, -0.15) is 22.5 Å². The summed E-state index contributed by atoms with van der Waals surface area (Å²) in [6, 6.07) is 3.20. The number of halogens is 2. The van der Waals surface area contributed by atoms with Gasteiger partial charge >= 0.3 is 0 Å². The SMILES string of the molecule is Cc1nn(C)cc1[C@@H]1C[C@H](C(=O)Nc2ccc(Cl)cc2Cl)N(C)S(=O)(=O)N1. The molecule has 8 nitrogen and oxygen atoms in total. The van der Waals surface area contributed by atoms with Gasteiger partial charge in [-0.1, -0.05) is 23.2 Å². The number of amides is 1. The van der Waals surface area contributed by atoms with Gasteiger partial charge in [-0.15, -0.1) is 0 Å². The molecule has 2 N–H and O–H groups in total. The van der Waals surface area contributed by atoms with E-state index in [0.29, 0.717) is 16.4 Å². The fraction of sp³-hybridized carbons (Fsp3) is 0.375. The Labute approximate surface area is 167 Å². The number of hydrogen-bond acceptors (Lipinski definition) is 4. The minimum absolute atomic E-state index is 0.249. The number of benzene rings is 1. The van der Waals surface area contributed by atoms with Crippen molar-refractivity contribution in [3.8, 4) is 0 Å². The van der Waals surface area contributed by atoms with Gasteiger partial charge in [0.05, 0.1) is 22.4 Å². The molecule has 1 saturated heterocycles. The first-order valence-corrected chi connectivity index (χ1v) is 10.3. The Morgan fingerprint density at radius 2 is 2.04 bits per heavy atom. The summed E-state index contributed by atoms with van der Waals surface area (Å²) < 4.78 is 30.3. The second-order valence-electron chi connectivity index (χ2n) is 6.40. The molecule has 27 heavy (non-hydrogen) atoms. The van der Waals surface area contributed by atoms with E-state index in [0.717, 1.165) is 9.87 Å². The van der Waals surface area contributed by atoms with E-state index in [-0.39, 0.29) is 11.4 Å². The van der Waals surface area contributed by atoms with Gasteiger partial charge in [0.25, 0.3) is 10.2 Å². The van der Waals surface area contributed by atoms with Gasteiger partial charge in [-0.3, -0.25) is 9.48 Å². The maximum absolute atomic E-state index is 12.8. The molecule has 1 fully saturated rings. The zero-order valence-electron chi connectivity index (χ0n) is 14.9. The molecule has 0 bridgehead atoms. The summed E-state index contributed by atoms with van der Waals surface area (Å²) >= 11 is 12.0. The highest BCUT2D eigenvalue weighted by Crippen LogP contribution is 2.31. The minimum Gasteiger partial charge on any atom is -0.323 e. The standard InChI is InChI=1S/C16H19Cl2N5O3S/c1-9-11(8-22(2)20-9)14-7-15(23(3)27(25,26)21-14)16(24)19-13-5-4-10(17)6-12(13)18/h4-6,8,14-15,21H,7H2,1-3H3,(H,19,24)/t14-,15+/m0/s1. The molecule has 0 saturated carbocycles. The van der Waals surface area contributed by atoms with Gasteiger partial charge in [0.15, 0.2) is 0 Å². The molecule has 1 amide bonds. The fourth-order valence-electron chi connectivity index (χ4n) is 3.08. The summed E-state index contributed by atoms with van der Waals surface area (Å²) in [7, 11) is -0.718.